The highest BCUT2D eigenvalue weighted by Gasteiger charge is 1.87. The molecule has 1 N–H and O–H groups in total. The maximum absolute atomic E-state index is 10.4. The van der Waals surface area contributed by atoms with Gasteiger partial charge in [-0.3, -0.25) is 9.59 Å². The fraction of sp³-hybridized carbons (Fsp3) is 0.333. The smallest absolute Gasteiger partial charge is 0.223 e. The molecule has 50 valence electrons. The van der Waals surface area contributed by atoms with Crippen LogP contribution in [0.1, 0.15) is 13.3 Å². The van der Waals surface area contributed by atoms with Crippen molar-refractivity contribution in [3.05, 3.63) is 12.3 Å². The average molecular weight is 127 g/mol. The maximum Gasteiger partial charge on any atom is 0.223 e. The molecule has 0 saturated carbocycles. The molecule has 0 aliphatic rings. The van der Waals surface area contributed by atoms with E-state index in [1.54, 1.807) is 6.92 Å². The van der Waals surface area contributed by atoms with Crippen molar-refractivity contribution in [3.63, 3.8) is 0 Å². The zero-order chi connectivity index (χ0) is 7.11. The van der Waals surface area contributed by atoms with Crippen LogP contribution in [0.4, 0.5) is 0 Å². The summed E-state index contributed by atoms with van der Waals surface area (Å²) in [6.45, 7) is 1.74. The number of carbonyl (C=O) groups is 2. The van der Waals surface area contributed by atoms with Crippen LogP contribution < -0.4 is 5.32 Å². The van der Waals surface area contributed by atoms with Crippen molar-refractivity contribution in [2.75, 3.05) is 0 Å². The molecule has 0 rings (SSSR count). The molecular weight excluding hydrogens is 118 g/mol. The number of rotatable bonds is 3. The largest absolute Gasteiger partial charge is 0.333 e. The summed E-state index contributed by atoms with van der Waals surface area (Å²) in [6, 6.07) is 0. The number of hydrogen-bond acceptors (Lipinski definition) is 2. The van der Waals surface area contributed by atoms with Gasteiger partial charge < -0.3 is 5.32 Å². The van der Waals surface area contributed by atoms with E-state index >= 15 is 0 Å². The van der Waals surface area contributed by atoms with Gasteiger partial charge in [0, 0.05) is 12.6 Å². The van der Waals surface area contributed by atoms with E-state index in [1.807, 2.05) is 0 Å². The second-order valence-corrected chi connectivity index (χ2v) is 1.42. The molecule has 0 bridgehead atoms. The minimum absolute atomic E-state index is 0.0897. The maximum atomic E-state index is 10.4. The number of amides is 1. The zero-order valence-corrected chi connectivity index (χ0v) is 5.26. The van der Waals surface area contributed by atoms with Crippen LogP contribution in [0, 0.1) is 0 Å². The molecule has 0 unspecified atom stereocenters. The van der Waals surface area contributed by atoms with Crippen molar-refractivity contribution in [2.45, 2.75) is 13.3 Å². The summed E-state index contributed by atoms with van der Waals surface area (Å²) in [5.41, 5.74) is 0. The van der Waals surface area contributed by atoms with E-state index in [2.05, 4.69) is 5.32 Å². The molecule has 0 aliphatic carbocycles. The molecule has 0 fully saturated rings. The van der Waals surface area contributed by atoms with Crippen molar-refractivity contribution in [1.29, 1.82) is 0 Å². The van der Waals surface area contributed by atoms with Gasteiger partial charge in [0.25, 0.3) is 0 Å². The van der Waals surface area contributed by atoms with Crippen molar-refractivity contribution in [3.8, 4) is 0 Å². The lowest BCUT2D eigenvalue weighted by molar-refractivity contribution is -0.119. The van der Waals surface area contributed by atoms with Crippen LogP contribution in [0.25, 0.3) is 0 Å². The number of hydrogen-bond donors (Lipinski definition) is 1. The Hall–Kier alpha value is -1.12. The van der Waals surface area contributed by atoms with Crippen LogP contribution in [0.5, 0.6) is 0 Å². The molecule has 9 heavy (non-hydrogen) atoms. The van der Waals surface area contributed by atoms with Gasteiger partial charge >= 0.3 is 0 Å². The third-order valence-corrected chi connectivity index (χ3v) is 0.740. The highest BCUT2D eigenvalue weighted by molar-refractivity contribution is 5.77. The standard InChI is InChI=1S/C6H9NO2/c1-2-6(9)7-4-3-5-8/h3-5H,2H2,1H3,(H,7,9). The molecule has 0 spiro atoms. The Morgan fingerprint density at radius 1 is 1.67 bits per heavy atom. The van der Waals surface area contributed by atoms with E-state index in [0.29, 0.717) is 12.7 Å². The van der Waals surface area contributed by atoms with Crippen LogP contribution in [0.2, 0.25) is 0 Å². The fourth-order valence-corrected chi connectivity index (χ4v) is 0.282. The monoisotopic (exact) mass is 127 g/mol. The molecule has 0 aromatic rings. The molecule has 0 aromatic carbocycles. The van der Waals surface area contributed by atoms with Crippen molar-refractivity contribution < 1.29 is 9.59 Å². The van der Waals surface area contributed by atoms with Crippen LogP contribution in [0.3, 0.4) is 0 Å². The van der Waals surface area contributed by atoms with Gasteiger partial charge in [0.2, 0.25) is 5.91 Å². The van der Waals surface area contributed by atoms with E-state index in [-0.39, 0.29) is 5.91 Å². The van der Waals surface area contributed by atoms with Crippen LogP contribution in [-0.4, -0.2) is 12.2 Å². The quantitative estimate of drug-likeness (QED) is 0.435. The van der Waals surface area contributed by atoms with Gasteiger partial charge in [0.15, 0.2) is 0 Å². The fourth-order valence-electron chi connectivity index (χ4n) is 0.282. The first-order valence-corrected chi connectivity index (χ1v) is 2.71. The summed E-state index contributed by atoms with van der Waals surface area (Å²) in [7, 11) is 0. The van der Waals surface area contributed by atoms with E-state index in [4.69, 9.17) is 0 Å². The van der Waals surface area contributed by atoms with Gasteiger partial charge in [-0.25, -0.2) is 0 Å². The molecule has 0 aromatic heterocycles. The third-order valence-electron chi connectivity index (χ3n) is 0.740. The summed E-state index contributed by atoms with van der Waals surface area (Å²) in [6.07, 6.45) is 3.59. The van der Waals surface area contributed by atoms with Crippen LogP contribution in [-0.2, 0) is 9.59 Å². The van der Waals surface area contributed by atoms with E-state index in [0.717, 1.165) is 0 Å². The molecule has 0 aliphatic heterocycles. The Bertz CT molecular complexity index is 129. The van der Waals surface area contributed by atoms with Gasteiger partial charge in [-0.2, -0.15) is 0 Å². The lowest BCUT2D eigenvalue weighted by Gasteiger charge is -1.90. The van der Waals surface area contributed by atoms with Crippen LogP contribution in [0.15, 0.2) is 12.3 Å². The lowest BCUT2D eigenvalue weighted by Crippen LogP contribution is -2.14. The summed E-state index contributed by atoms with van der Waals surface area (Å²) >= 11 is 0. The molecule has 0 heterocycles. The minimum Gasteiger partial charge on any atom is -0.333 e. The summed E-state index contributed by atoms with van der Waals surface area (Å²) < 4.78 is 0. The number of carbonyl (C=O) groups excluding carboxylic acids is 2. The minimum atomic E-state index is -0.0897. The normalized spacial score (nSPS) is 9.44. The molecule has 0 saturated heterocycles. The van der Waals surface area contributed by atoms with Gasteiger partial charge in [0.1, 0.15) is 6.29 Å². The Morgan fingerprint density at radius 2 is 2.33 bits per heavy atom. The van der Waals surface area contributed by atoms with E-state index in [1.165, 1.54) is 12.3 Å². The Kier molecular flexibility index (Phi) is 4.40. The van der Waals surface area contributed by atoms with Gasteiger partial charge in [-0.05, 0) is 6.08 Å². The lowest BCUT2D eigenvalue weighted by atomic mass is 10.4. The van der Waals surface area contributed by atoms with Crippen LogP contribution >= 0.6 is 0 Å². The molecule has 0 atom stereocenters. The topological polar surface area (TPSA) is 46.2 Å². The molecule has 0 radical (unpaired) electrons. The van der Waals surface area contributed by atoms with Crippen molar-refractivity contribution in [2.24, 2.45) is 0 Å². The summed E-state index contributed by atoms with van der Waals surface area (Å²) in [4.78, 5) is 20.0. The van der Waals surface area contributed by atoms with Gasteiger partial charge in [0.05, 0.1) is 0 Å². The first-order chi connectivity index (χ1) is 4.31. The molecular formula is C6H9NO2. The number of allylic oxidation sites excluding steroid dienone is 1. The van der Waals surface area contributed by atoms with Crippen molar-refractivity contribution in [1.82, 2.24) is 5.32 Å². The third kappa shape index (κ3) is 4.74. The second-order valence-electron chi connectivity index (χ2n) is 1.42. The van der Waals surface area contributed by atoms with Gasteiger partial charge in [-0.15, -0.1) is 0 Å². The predicted molar refractivity (Wildman–Crippen MR) is 33.6 cm³/mol. The van der Waals surface area contributed by atoms with E-state index in [9.17, 15) is 9.59 Å². The average Bonchev–Trinajstić information content (AvgIpc) is 1.89. The first-order valence-electron chi connectivity index (χ1n) is 2.71. The predicted octanol–water partition coefficient (Wildman–Crippen LogP) is 0.225. The highest BCUT2D eigenvalue weighted by atomic mass is 16.1. The Morgan fingerprint density at radius 3 is 2.78 bits per heavy atom. The number of aldehydes is 1. The highest BCUT2D eigenvalue weighted by Crippen LogP contribution is 1.73. The molecule has 1 amide bonds. The summed E-state index contributed by atoms with van der Waals surface area (Å²) in [5.74, 6) is -0.0897. The zero-order valence-electron chi connectivity index (χ0n) is 5.26. The summed E-state index contributed by atoms with van der Waals surface area (Å²) in [5, 5.41) is 2.38. The van der Waals surface area contributed by atoms with Gasteiger partial charge in [-0.1, -0.05) is 6.92 Å². The number of nitrogens with one attached hydrogen (secondary N) is 1. The Labute approximate surface area is 53.7 Å². The Balaban J connectivity index is 3.37. The second kappa shape index (κ2) is 5.03. The SMILES string of the molecule is CCC(=O)NC=CC=O. The molecule has 3 nitrogen and oxygen atoms in total. The van der Waals surface area contributed by atoms with Crippen molar-refractivity contribution >= 4 is 12.2 Å². The van der Waals surface area contributed by atoms with E-state index < -0.39 is 0 Å². The first kappa shape index (κ1) is 7.88. The molecule has 3 heteroatoms.